The van der Waals surface area contributed by atoms with Crippen LogP contribution in [-0.2, 0) is 0 Å². The van der Waals surface area contributed by atoms with Crippen LogP contribution in [0.15, 0.2) is 42.7 Å². The minimum absolute atomic E-state index is 0. The van der Waals surface area contributed by atoms with Crippen LogP contribution >= 0.6 is 0 Å². The molecule has 92 valence electrons. The quantitative estimate of drug-likeness (QED) is 0.719. The van der Waals surface area contributed by atoms with Crippen LogP contribution in [-0.4, -0.2) is 4.98 Å². The highest BCUT2D eigenvalue weighted by Crippen LogP contribution is 2.22. The second-order valence-corrected chi connectivity index (χ2v) is 4.17. The van der Waals surface area contributed by atoms with E-state index in [2.05, 4.69) is 31.0 Å². The van der Waals surface area contributed by atoms with Crippen molar-refractivity contribution in [1.29, 1.82) is 0 Å². The SMILES string of the molecule is C.CC(C)c1ccc(-c2cncc(F)c2)cc1.[HH]. The summed E-state index contributed by atoms with van der Waals surface area (Å²) < 4.78 is 13.0. The molecule has 0 radical (unpaired) electrons. The van der Waals surface area contributed by atoms with E-state index >= 15 is 0 Å². The summed E-state index contributed by atoms with van der Waals surface area (Å²) in [5.41, 5.74) is 3.10. The molecule has 1 aromatic heterocycles. The Bertz CT molecular complexity index is 480. The molecule has 17 heavy (non-hydrogen) atoms. The van der Waals surface area contributed by atoms with Gasteiger partial charge in [0.05, 0.1) is 6.20 Å². The maximum absolute atomic E-state index is 13.0. The first kappa shape index (κ1) is 13.4. The molecule has 1 nitrogen and oxygen atoms in total. The number of aromatic nitrogens is 1. The normalized spacial score (nSPS) is 10.1. The molecule has 0 bridgehead atoms. The summed E-state index contributed by atoms with van der Waals surface area (Å²) >= 11 is 0. The molecule has 0 atom stereocenters. The fourth-order valence-corrected chi connectivity index (χ4v) is 1.63. The fraction of sp³-hybridized carbons (Fsp3) is 0.267. The third kappa shape index (κ3) is 3.13. The van der Waals surface area contributed by atoms with Gasteiger partial charge in [-0.1, -0.05) is 45.5 Å². The minimum Gasteiger partial charge on any atom is -0.261 e. The number of pyridine rings is 1. The molecule has 1 heterocycles. The molecule has 0 saturated carbocycles. The van der Waals surface area contributed by atoms with Crippen molar-refractivity contribution in [2.75, 3.05) is 0 Å². The molecule has 1 aromatic carbocycles. The van der Waals surface area contributed by atoms with Gasteiger partial charge in [-0.2, -0.15) is 0 Å². The third-order valence-electron chi connectivity index (χ3n) is 2.62. The molecule has 2 aromatic rings. The van der Waals surface area contributed by atoms with Crippen molar-refractivity contribution in [3.63, 3.8) is 0 Å². The maximum Gasteiger partial charge on any atom is 0.142 e. The molecule has 0 amide bonds. The number of benzene rings is 1. The highest BCUT2D eigenvalue weighted by Gasteiger charge is 2.02. The monoisotopic (exact) mass is 233 g/mol. The van der Waals surface area contributed by atoms with E-state index in [1.54, 1.807) is 6.20 Å². The summed E-state index contributed by atoms with van der Waals surface area (Å²) in [4.78, 5) is 3.84. The Hall–Kier alpha value is -1.70. The lowest BCUT2D eigenvalue weighted by Crippen LogP contribution is -1.87. The first-order valence-corrected chi connectivity index (χ1v) is 5.37. The second-order valence-electron chi connectivity index (χ2n) is 4.17. The van der Waals surface area contributed by atoms with Gasteiger partial charge in [-0.15, -0.1) is 0 Å². The van der Waals surface area contributed by atoms with Gasteiger partial charge in [0, 0.05) is 13.2 Å². The Morgan fingerprint density at radius 3 is 2.24 bits per heavy atom. The Balaban J connectivity index is 0.00000144. The van der Waals surface area contributed by atoms with Crippen molar-refractivity contribution in [3.8, 4) is 11.1 Å². The molecule has 0 aliphatic carbocycles. The predicted molar refractivity (Wildman–Crippen MR) is 72.6 cm³/mol. The number of nitrogens with zero attached hydrogens (tertiary/aromatic N) is 1. The molecule has 0 saturated heterocycles. The zero-order valence-electron chi connectivity index (χ0n) is 9.44. The van der Waals surface area contributed by atoms with E-state index in [4.69, 9.17) is 0 Å². The van der Waals surface area contributed by atoms with E-state index in [0.29, 0.717) is 5.92 Å². The van der Waals surface area contributed by atoms with Gasteiger partial charge >= 0.3 is 0 Å². The van der Waals surface area contributed by atoms with E-state index in [0.717, 1.165) is 11.1 Å². The van der Waals surface area contributed by atoms with Crippen LogP contribution < -0.4 is 0 Å². The van der Waals surface area contributed by atoms with Crippen LogP contribution in [0, 0.1) is 5.82 Å². The summed E-state index contributed by atoms with van der Waals surface area (Å²) in [5.74, 6) is 0.213. The van der Waals surface area contributed by atoms with Gasteiger partial charge in [0.25, 0.3) is 0 Å². The lowest BCUT2D eigenvalue weighted by molar-refractivity contribution is 0.622. The van der Waals surface area contributed by atoms with Crippen LogP contribution in [0.5, 0.6) is 0 Å². The third-order valence-corrected chi connectivity index (χ3v) is 2.62. The van der Waals surface area contributed by atoms with Crippen molar-refractivity contribution in [3.05, 3.63) is 54.1 Å². The van der Waals surface area contributed by atoms with Crippen molar-refractivity contribution < 1.29 is 5.82 Å². The maximum atomic E-state index is 13.0. The lowest BCUT2D eigenvalue weighted by Gasteiger charge is -2.06. The molecule has 0 N–H and O–H groups in total. The topological polar surface area (TPSA) is 12.9 Å². The fourth-order valence-electron chi connectivity index (χ4n) is 1.63. The van der Waals surface area contributed by atoms with Gasteiger partial charge < -0.3 is 0 Å². The average molecular weight is 233 g/mol. The van der Waals surface area contributed by atoms with Crippen molar-refractivity contribution >= 4 is 0 Å². The summed E-state index contributed by atoms with van der Waals surface area (Å²) in [6.45, 7) is 4.30. The van der Waals surface area contributed by atoms with Gasteiger partial charge in [0.2, 0.25) is 0 Å². The van der Waals surface area contributed by atoms with E-state index in [1.807, 2.05) is 12.1 Å². The molecule has 2 rings (SSSR count). The first-order chi connectivity index (χ1) is 7.66. The summed E-state index contributed by atoms with van der Waals surface area (Å²) in [6.07, 6.45) is 2.89. The molecular weight excluding hydrogens is 213 g/mol. The van der Waals surface area contributed by atoms with E-state index in [-0.39, 0.29) is 14.7 Å². The zero-order valence-corrected chi connectivity index (χ0v) is 9.44. The highest BCUT2D eigenvalue weighted by molar-refractivity contribution is 5.62. The van der Waals surface area contributed by atoms with Crippen LogP contribution in [0.1, 0.15) is 34.2 Å². The minimum atomic E-state index is -0.301. The van der Waals surface area contributed by atoms with Crippen LogP contribution in [0.25, 0.3) is 11.1 Å². The average Bonchev–Trinajstić information content (AvgIpc) is 2.29. The second kappa shape index (κ2) is 5.58. The van der Waals surface area contributed by atoms with E-state index in [1.165, 1.54) is 17.8 Å². The van der Waals surface area contributed by atoms with Crippen LogP contribution in [0.3, 0.4) is 0 Å². The van der Waals surface area contributed by atoms with Crippen molar-refractivity contribution in [2.45, 2.75) is 27.2 Å². The van der Waals surface area contributed by atoms with Crippen molar-refractivity contribution in [2.24, 2.45) is 0 Å². The van der Waals surface area contributed by atoms with E-state index in [9.17, 15) is 4.39 Å². The molecule has 0 aliphatic heterocycles. The first-order valence-electron chi connectivity index (χ1n) is 5.37. The van der Waals surface area contributed by atoms with Gasteiger partial charge in [-0.3, -0.25) is 4.98 Å². The van der Waals surface area contributed by atoms with Gasteiger partial charge in [0.1, 0.15) is 5.82 Å². The van der Waals surface area contributed by atoms with E-state index < -0.39 is 0 Å². The molecular formula is C15H20FN. The van der Waals surface area contributed by atoms with Crippen LogP contribution in [0.4, 0.5) is 4.39 Å². The molecule has 0 spiro atoms. The smallest absolute Gasteiger partial charge is 0.142 e. The van der Waals surface area contributed by atoms with Gasteiger partial charge in [0.15, 0.2) is 0 Å². The molecule has 0 fully saturated rings. The number of hydrogen-bond acceptors (Lipinski definition) is 1. The zero-order chi connectivity index (χ0) is 11.5. The molecule has 0 aliphatic rings. The summed E-state index contributed by atoms with van der Waals surface area (Å²) in [7, 11) is 0. The number of halogens is 1. The van der Waals surface area contributed by atoms with Crippen molar-refractivity contribution in [1.82, 2.24) is 4.98 Å². The Labute approximate surface area is 104 Å². The standard InChI is InChI=1S/C14H14FN.CH4.H2/c1-10(2)11-3-5-12(6-4-11)13-7-14(15)9-16-8-13;;/h3-10H,1-2H3;1H4;1H. The van der Waals surface area contributed by atoms with Gasteiger partial charge in [-0.25, -0.2) is 4.39 Å². The number of rotatable bonds is 2. The Kier molecular flexibility index (Phi) is 4.38. The molecule has 0 unspecified atom stereocenters. The Morgan fingerprint density at radius 1 is 1.06 bits per heavy atom. The number of hydrogen-bond donors (Lipinski definition) is 0. The largest absolute Gasteiger partial charge is 0.261 e. The van der Waals surface area contributed by atoms with Gasteiger partial charge in [-0.05, 0) is 23.1 Å². The lowest BCUT2D eigenvalue weighted by atomic mass is 9.99. The highest BCUT2D eigenvalue weighted by atomic mass is 19.1. The molecule has 2 heteroatoms. The predicted octanol–water partition coefficient (Wildman–Crippen LogP) is 4.89. The Morgan fingerprint density at radius 2 is 1.71 bits per heavy atom. The summed E-state index contributed by atoms with van der Waals surface area (Å²) in [6, 6.07) is 9.66. The summed E-state index contributed by atoms with van der Waals surface area (Å²) in [5, 5.41) is 0. The van der Waals surface area contributed by atoms with Crippen LogP contribution in [0.2, 0.25) is 0 Å².